The van der Waals surface area contributed by atoms with Gasteiger partial charge in [0.2, 0.25) is 5.88 Å². The number of aryl methyl sites for hydroxylation is 2. The summed E-state index contributed by atoms with van der Waals surface area (Å²) in [5.74, 6) is -1.34. The van der Waals surface area contributed by atoms with Gasteiger partial charge in [-0.25, -0.2) is 4.79 Å². The number of anilines is 1. The minimum absolute atomic E-state index is 0.145. The third kappa shape index (κ3) is 5.15. The Morgan fingerprint density at radius 2 is 1.94 bits per heavy atom. The minimum Gasteiger partial charge on any atom is -0.448 e. The number of amides is 1. The zero-order valence-corrected chi connectivity index (χ0v) is 19.6. The molecule has 0 saturated carbocycles. The highest BCUT2D eigenvalue weighted by atomic mass is 79.9. The van der Waals surface area contributed by atoms with Gasteiger partial charge in [0.15, 0.2) is 6.10 Å². The number of nitrogens with zero attached hydrogens (tertiary/aromatic N) is 3. The summed E-state index contributed by atoms with van der Waals surface area (Å²) >= 11 is 3.42. The Morgan fingerprint density at radius 3 is 2.53 bits per heavy atom. The summed E-state index contributed by atoms with van der Waals surface area (Å²) in [6.45, 7) is 6.95. The second kappa shape index (κ2) is 9.66. The summed E-state index contributed by atoms with van der Waals surface area (Å²) in [5, 5.41) is 15.6. The van der Waals surface area contributed by atoms with Crippen LogP contribution in [0.4, 0.5) is 5.88 Å². The topological polar surface area (TPSA) is 110 Å². The van der Waals surface area contributed by atoms with Gasteiger partial charge < -0.3 is 13.8 Å². The van der Waals surface area contributed by atoms with Crippen LogP contribution in [0.3, 0.4) is 0 Å². The molecule has 164 valence electrons. The Morgan fingerprint density at radius 1 is 1.25 bits per heavy atom. The monoisotopic (exact) mass is 496 g/mol. The molecule has 0 saturated heterocycles. The molecule has 0 bridgehead atoms. The number of aromatic nitrogens is 2. The summed E-state index contributed by atoms with van der Waals surface area (Å²) in [6, 6.07) is 13.1. The molecule has 0 radical (unpaired) electrons. The van der Waals surface area contributed by atoms with E-state index in [9.17, 15) is 14.9 Å². The van der Waals surface area contributed by atoms with Crippen LogP contribution in [0.15, 0.2) is 51.0 Å². The van der Waals surface area contributed by atoms with Crippen molar-refractivity contribution in [3.63, 3.8) is 0 Å². The van der Waals surface area contributed by atoms with E-state index in [0.717, 1.165) is 21.5 Å². The van der Waals surface area contributed by atoms with Gasteiger partial charge in [0.25, 0.3) is 5.91 Å². The molecular formula is C23H21BrN4O4. The van der Waals surface area contributed by atoms with E-state index in [1.165, 1.54) is 19.1 Å². The van der Waals surface area contributed by atoms with E-state index in [4.69, 9.17) is 9.26 Å². The first kappa shape index (κ1) is 23.0. The zero-order valence-electron chi connectivity index (χ0n) is 18.0. The summed E-state index contributed by atoms with van der Waals surface area (Å²) < 4.78 is 13.1. The Kier molecular flexibility index (Phi) is 6.95. The summed E-state index contributed by atoms with van der Waals surface area (Å²) in [6.07, 6.45) is 0.324. The van der Waals surface area contributed by atoms with Crippen molar-refractivity contribution in [2.75, 3.05) is 5.32 Å². The highest BCUT2D eigenvalue weighted by Gasteiger charge is 2.22. The Labute approximate surface area is 193 Å². The maximum atomic E-state index is 12.5. The number of nitriles is 1. The van der Waals surface area contributed by atoms with Crippen LogP contribution in [-0.4, -0.2) is 27.7 Å². The molecule has 0 aliphatic heterocycles. The average Bonchev–Trinajstić information content (AvgIpc) is 3.28. The number of benzene rings is 1. The lowest BCUT2D eigenvalue weighted by atomic mass is 10.1. The van der Waals surface area contributed by atoms with Gasteiger partial charge in [0.05, 0.1) is 5.69 Å². The first-order valence-corrected chi connectivity index (χ1v) is 10.5. The van der Waals surface area contributed by atoms with Crippen LogP contribution in [0, 0.1) is 32.1 Å². The highest BCUT2D eigenvalue weighted by Crippen LogP contribution is 2.24. The highest BCUT2D eigenvalue weighted by molar-refractivity contribution is 9.10. The molecule has 0 fully saturated rings. The van der Waals surface area contributed by atoms with Gasteiger partial charge in [-0.2, -0.15) is 5.26 Å². The fraction of sp³-hybridized carbons (Fsp3) is 0.217. The summed E-state index contributed by atoms with van der Waals surface area (Å²) in [4.78, 5) is 24.7. The number of rotatable bonds is 6. The van der Waals surface area contributed by atoms with Gasteiger partial charge in [-0.3, -0.25) is 10.1 Å². The smallest absolute Gasteiger partial charge is 0.349 e. The molecule has 8 nitrogen and oxygen atoms in total. The lowest BCUT2D eigenvalue weighted by Gasteiger charge is -2.12. The molecule has 1 N–H and O–H groups in total. The van der Waals surface area contributed by atoms with Crippen molar-refractivity contribution < 1.29 is 18.8 Å². The van der Waals surface area contributed by atoms with Gasteiger partial charge in [0, 0.05) is 27.6 Å². The third-order valence-corrected chi connectivity index (χ3v) is 5.25. The number of halogens is 1. The number of carbonyl (C=O) groups excluding carboxylic acids is 2. The minimum atomic E-state index is -1.14. The Bertz CT molecular complexity index is 1230. The van der Waals surface area contributed by atoms with Gasteiger partial charge in [-0.15, -0.1) is 0 Å². The van der Waals surface area contributed by atoms with Gasteiger partial charge in [-0.05, 0) is 69.7 Å². The lowest BCUT2D eigenvalue weighted by molar-refractivity contribution is -0.148. The predicted molar refractivity (Wildman–Crippen MR) is 122 cm³/mol. The van der Waals surface area contributed by atoms with Crippen molar-refractivity contribution in [1.29, 1.82) is 5.26 Å². The van der Waals surface area contributed by atoms with Crippen molar-refractivity contribution in [3.05, 3.63) is 69.1 Å². The quantitative estimate of drug-likeness (QED) is 0.302. The van der Waals surface area contributed by atoms with E-state index < -0.39 is 18.0 Å². The van der Waals surface area contributed by atoms with E-state index >= 15 is 0 Å². The normalized spacial score (nSPS) is 12.2. The summed E-state index contributed by atoms with van der Waals surface area (Å²) in [5.41, 5.74) is 3.84. The molecule has 1 unspecified atom stereocenters. The van der Waals surface area contributed by atoms with Crippen molar-refractivity contribution in [2.24, 2.45) is 0 Å². The molecule has 1 atom stereocenters. The third-order valence-electron chi connectivity index (χ3n) is 4.72. The molecule has 1 aromatic carbocycles. The number of nitrogens with one attached hydrogen (secondary N) is 1. The molecule has 3 rings (SSSR count). The number of hydrogen-bond donors (Lipinski definition) is 1. The van der Waals surface area contributed by atoms with E-state index in [-0.39, 0.29) is 11.5 Å². The van der Waals surface area contributed by atoms with Crippen molar-refractivity contribution in [1.82, 2.24) is 9.72 Å². The maximum absolute atomic E-state index is 12.5. The molecule has 32 heavy (non-hydrogen) atoms. The lowest BCUT2D eigenvalue weighted by Crippen LogP contribution is -2.30. The molecule has 2 heterocycles. The van der Waals surface area contributed by atoms with Crippen LogP contribution in [-0.2, 0) is 14.3 Å². The number of carbonyl (C=O) groups is 2. The number of hydrogen-bond acceptors (Lipinski definition) is 6. The van der Waals surface area contributed by atoms with Crippen LogP contribution in [0.25, 0.3) is 11.8 Å². The van der Waals surface area contributed by atoms with Crippen LogP contribution >= 0.6 is 15.9 Å². The van der Waals surface area contributed by atoms with Crippen LogP contribution < -0.4 is 5.32 Å². The fourth-order valence-electron chi connectivity index (χ4n) is 3.14. The van der Waals surface area contributed by atoms with E-state index in [1.807, 2.05) is 54.8 Å². The molecule has 2 aromatic heterocycles. The second-order valence-corrected chi connectivity index (χ2v) is 8.09. The molecule has 0 spiro atoms. The standard InChI is InChI=1S/C23H21BrN4O4/c1-13-9-21(32-27-13)26-22(29)16(4)31-23(30)18(12-25)11-17-10-14(2)28(15(17)3)20-7-5-19(24)6-8-20/h5-11,16H,1-4H3,(H,26,29)/b18-11+. The van der Waals surface area contributed by atoms with E-state index in [2.05, 4.69) is 26.4 Å². The molecule has 1 amide bonds. The van der Waals surface area contributed by atoms with Crippen molar-refractivity contribution in [3.8, 4) is 11.8 Å². The first-order valence-electron chi connectivity index (χ1n) is 9.71. The van der Waals surface area contributed by atoms with Gasteiger partial charge in [-0.1, -0.05) is 21.1 Å². The second-order valence-electron chi connectivity index (χ2n) is 7.18. The number of ether oxygens (including phenoxy) is 1. The SMILES string of the molecule is Cc1cc(NC(=O)C(C)OC(=O)/C(C#N)=C/c2cc(C)n(-c3ccc(Br)cc3)c2C)on1. The molecule has 9 heteroatoms. The van der Waals surface area contributed by atoms with Gasteiger partial charge >= 0.3 is 5.97 Å². The fourth-order valence-corrected chi connectivity index (χ4v) is 3.40. The Balaban J connectivity index is 1.77. The number of esters is 1. The summed E-state index contributed by atoms with van der Waals surface area (Å²) in [7, 11) is 0. The molecule has 0 aliphatic rings. The largest absolute Gasteiger partial charge is 0.448 e. The predicted octanol–water partition coefficient (Wildman–Crippen LogP) is 4.63. The van der Waals surface area contributed by atoms with Crippen LogP contribution in [0.1, 0.15) is 29.6 Å². The maximum Gasteiger partial charge on any atom is 0.349 e. The molecular weight excluding hydrogens is 476 g/mol. The van der Waals surface area contributed by atoms with Crippen LogP contribution in [0.5, 0.6) is 0 Å². The van der Waals surface area contributed by atoms with Crippen molar-refractivity contribution >= 4 is 39.8 Å². The average molecular weight is 497 g/mol. The van der Waals surface area contributed by atoms with Gasteiger partial charge in [0.1, 0.15) is 11.6 Å². The zero-order chi connectivity index (χ0) is 23.4. The first-order chi connectivity index (χ1) is 15.2. The van der Waals surface area contributed by atoms with E-state index in [0.29, 0.717) is 11.3 Å². The molecule has 3 aromatic rings. The molecule has 0 aliphatic carbocycles. The van der Waals surface area contributed by atoms with Crippen LogP contribution in [0.2, 0.25) is 0 Å². The van der Waals surface area contributed by atoms with E-state index in [1.54, 1.807) is 6.92 Å². The Hall–Kier alpha value is -3.64. The van der Waals surface area contributed by atoms with Crippen molar-refractivity contribution in [2.45, 2.75) is 33.8 Å².